The predicted molar refractivity (Wildman–Crippen MR) is 68.3 cm³/mol. The van der Waals surface area contributed by atoms with Gasteiger partial charge >= 0.3 is 5.97 Å². The summed E-state index contributed by atoms with van der Waals surface area (Å²) in [6.45, 7) is 0.0396. The molecule has 0 bridgehead atoms. The van der Waals surface area contributed by atoms with Crippen LogP contribution in [0.5, 0.6) is 0 Å². The summed E-state index contributed by atoms with van der Waals surface area (Å²) in [4.78, 5) is 12.0. The number of hydrogen-bond donors (Lipinski definition) is 1. The van der Waals surface area contributed by atoms with Crippen LogP contribution in [-0.4, -0.2) is 42.8 Å². The number of nitrogens with one attached hydrogen (secondary N) is 1. The molecule has 0 aliphatic heterocycles. The van der Waals surface area contributed by atoms with Crippen LogP contribution in [0.3, 0.4) is 0 Å². The third kappa shape index (κ3) is 2.55. The van der Waals surface area contributed by atoms with Crippen LogP contribution in [0.25, 0.3) is 5.52 Å². The van der Waals surface area contributed by atoms with Gasteiger partial charge in [0.15, 0.2) is 11.6 Å². The van der Waals surface area contributed by atoms with Crippen LogP contribution in [0.2, 0.25) is 5.02 Å². The molecule has 0 atom stereocenters. The maximum Gasteiger partial charge on any atom is 0.342 e. The number of aromatic nitrogens is 6. The fourth-order valence-corrected chi connectivity index (χ4v) is 1.91. The number of aromatic amines is 1. The number of H-pyrrole nitrogens is 1. The second-order valence-electron chi connectivity index (χ2n) is 4.04. The maximum atomic E-state index is 14.0. The first kappa shape index (κ1) is 13.4. The number of nitrogens with zero attached hydrogens (tertiary/aromatic N) is 5. The third-order valence-electron chi connectivity index (χ3n) is 2.74. The molecule has 0 fully saturated rings. The van der Waals surface area contributed by atoms with Crippen molar-refractivity contribution in [2.75, 3.05) is 6.61 Å². The van der Waals surface area contributed by atoms with Crippen LogP contribution in [0.4, 0.5) is 4.39 Å². The van der Waals surface area contributed by atoms with Crippen molar-refractivity contribution < 1.29 is 13.9 Å². The number of ether oxygens (including phenoxy) is 1. The molecule has 0 radical (unpaired) electrons. The van der Waals surface area contributed by atoms with Gasteiger partial charge in [-0.25, -0.2) is 13.7 Å². The minimum absolute atomic E-state index is 0.00288. The summed E-state index contributed by atoms with van der Waals surface area (Å²) in [7, 11) is 0. The summed E-state index contributed by atoms with van der Waals surface area (Å²) in [6.07, 6.45) is 2.98. The Labute approximate surface area is 121 Å². The van der Waals surface area contributed by atoms with Gasteiger partial charge in [-0.05, 0) is 6.07 Å². The molecular formula is C11H8ClFN6O2. The number of carbonyl (C=O) groups is 1. The van der Waals surface area contributed by atoms with Crippen molar-refractivity contribution in [1.82, 2.24) is 30.2 Å². The first-order valence-electron chi connectivity index (χ1n) is 5.87. The third-order valence-corrected chi connectivity index (χ3v) is 3.03. The lowest BCUT2D eigenvalue weighted by Gasteiger charge is -2.03. The lowest BCUT2D eigenvalue weighted by Crippen LogP contribution is -2.09. The van der Waals surface area contributed by atoms with E-state index in [0.717, 1.165) is 0 Å². The quantitative estimate of drug-likeness (QED) is 0.723. The summed E-state index contributed by atoms with van der Waals surface area (Å²) in [5.74, 6) is -1.01. The molecule has 0 amide bonds. The molecule has 0 unspecified atom stereocenters. The highest BCUT2D eigenvalue weighted by molar-refractivity contribution is 6.31. The Morgan fingerprint density at radius 1 is 1.52 bits per heavy atom. The number of carbonyl (C=O) groups excluding carboxylic acids is 1. The highest BCUT2D eigenvalue weighted by Crippen LogP contribution is 2.22. The van der Waals surface area contributed by atoms with Gasteiger partial charge in [-0.1, -0.05) is 16.8 Å². The average molecular weight is 311 g/mol. The molecule has 0 saturated heterocycles. The van der Waals surface area contributed by atoms with E-state index in [-0.39, 0.29) is 22.7 Å². The second-order valence-corrected chi connectivity index (χ2v) is 4.45. The van der Waals surface area contributed by atoms with Gasteiger partial charge in [0, 0.05) is 12.6 Å². The largest absolute Gasteiger partial charge is 0.462 e. The predicted octanol–water partition coefficient (Wildman–Crippen LogP) is 1.04. The van der Waals surface area contributed by atoms with Crippen LogP contribution in [0.1, 0.15) is 16.2 Å². The Morgan fingerprint density at radius 2 is 2.38 bits per heavy atom. The summed E-state index contributed by atoms with van der Waals surface area (Å²) in [5, 5.41) is 16.9. The van der Waals surface area contributed by atoms with Crippen LogP contribution >= 0.6 is 11.6 Å². The Bertz CT molecular complexity index is 787. The number of hydrogen-bond acceptors (Lipinski definition) is 6. The number of esters is 1. The lowest BCUT2D eigenvalue weighted by molar-refractivity contribution is 0.0509. The van der Waals surface area contributed by atoms with Gasteiger partial charge in [0.05, 0.1) is 17.8 Å². The van der Waals surface area contributed by atoms with Crippen LogP contribution < -0.4 is 0 Å². The molecular weight excluding hydrogens is 303 g/mol. The van der Waals surface area contributed by atoms with Gasteiger partial charge in [-0.3, -0.25) is 0 Å². The van der Waals surface area contributed by atoms with E-state index in [1.807, 2.05) is 0 Å². The highest BCUT2D eigenvalue weighted by atomic mass is 35.5. The average Bonchev–Trinajstić information content (AvgIpc) is 3.12. The van der Waals surface area contributed by atoms with Crippen molar-refractivity contribution in [1.29, 1.82) is 0 Å². The Balaban J connectivity index is 1.77. The SMILES string of the molecule is O=C(OCCc1nn[nH]n1)c1cnn2ccc(Cl)c(F)c12. The maximum absolute atomic E-state index is 14.0. The molecule has 3 rings (SSSR count). The molecule has 0 saturated carbocycles. The zero-order valence-corrected chi connectivity index (χ0v) is 11.2. The molecule has 0 aliphatic carbocycles. The van der Waals surface area contributed by atoms with Gasteiger partial charge in [-0.15, -0.1) is 10.2 Å². The smallest absolute Gasteiger partial charge is 0.342 e. The van der Waals surface area contributed by atoms with Gasteiger partial charge in [0.2, 0.25) is 0 Å². The van der Waals surface area contributed by atoms with Gasteiger partial charge in [0.1, 0.15) is 11.1 Å². The molecule has 0 aromatic carbocycles. The first-order chi connectivity index (χ1) is 10.2. The minimum Gasteiger partial charge on any atom is -0.462 e. The normalized spacial score (nSPS) is 11.0. The van der Waals surface area contributed by atoms with E-state index in [2.05, 4.69) is 25.7 Å². The zero-order valence-electron chi connectivity index (χ0n) is 10.5. The lowest BCUT2D eigenvalue weighted by atomic mass is 10.2. The second kappa shape index (κ2) is 5.44. The number of rotatable bonds is 4. The number of tetrazole rings is 1. The minimum atomic E-state index is -0.721. The van der Waals surface area contributed by atoms with E-state index in [9.17, 15) is 9.18 Å². The molecule has 0 spiro atoms. The summed E-state index contributed by atoms with van der Waals surface area (Å²) < 4.78 is 20.2. The van der Waals surface area contributed by atoms with E-state index < -0.39 is 11.8 Å². The van der Waals surface area contributed by atoms with Gasteiger partial charge in [0.25, 0.3) is 0 Å². The fourth-order valence-electron chi connectivity index (χ4n) is 1.77. The van der Waals surface area contributed by atoms with Crippen LogP contribution in [0, 0.1) is 5.82 Å². The molecule has 1 N–H and O–H groups in total. The zero-order chi connectivity index (χ0) is 14.8. The first-order valence-corrected chi connectivity index (χ1v) is 6.25. The molecule has 108 valence electrons. The van der Waals surface area contributed by atoms with Crippen molar-refractivity contribution in [2.45, 2.75) is 6.42 Å². The van der Waals surface area contributed by atoms with Crippen LogP contribution in [-0.2, 0) is 11.2 Å². The summed E-state index contributed by atoms with van der Waals surface area (Å²) in [5.41, 5.74) is -0.0184. The van der Waals surface area contributed by atoms with Crippen molar-refractivity contribution in [3.05, 3.63) is 40.7 Å². The number of fused-ring (bicyclic) bond motifs is 1. The van der Waals surface area contributed by atoms with E-state index in [1.165, 1.54) is 23.0 Å². The molecule has 8 nitrogen and oxygen atoms in total. The van der Waals surface area contributed by atoms with Crippen molar-refractivity contribution >= 4 is 23.1 Å². The summed E-state index contributed by atoms with van der Waals surface area (Å²) >= 11 is 5.70. The number of pyridine rings is 1. The van der Waals surface area contributed by atoms with Gasteiger partial charge in [-0.2, -0.15) is 10.3 Å². The molecule has 3 aromatic heterocycles. The van der Waals surface area contributed by atoms with Crippen molar-refractivity contribution in [3.8, 4) is 0 Å². The van der Waals surface area contributed by atoms with E-state index in [4.69, 9.17) is 16.3 Å². The number of halogens is 2. The van der Waals surface area contributed by atoms with E-state index >= 15 is 0 Å². The highest BCUT2D eigenvalue weighted by Gasteiger charge is 2.19. The van der Waals surface area contributed by atoms with E-state index in [0.29, 0.717) is 12.2 Å². The van der Waals surface area contributed by atoms with Crippen LogP contribution in [0.15, 0.2) is 18.5 Å². The van der Waals surface area contributed by atoms with E-state index in [1.54, 1.807) is 0 Å². The fraction of sp³-hybridized carbons (Fsp3) is 0.182. The van der Waals surface area contributed by atoms with Crippen molar-refractivity contribution in [2.24, 2.45) is 0 Å². The standard InChI is InChI=1S/C11H8ClFN6O2/c12-7-1-3-19-10(9(7)13)6(5-14-19)11(20)21-4-2-8-15-17-18-16-8/h1,3,5H,2,4H2,(H,15,16,17,18). The molecule has 10 heteroatoms. The topological polar surface area (TPSA) is 98.1 Å². The molecule has 3 heterocycles. The Hall–Kier alpha value is -2.55. The Kier molecular flexibility index (Phi) is 3.48. The molecule has 3 aromatic rings. The van der Waals surface area contributed by atoms with Crippen molar-refractivity contribution in [3.63, 3.8) is 0 Å². The molecule has 21 heavy (non-hydrogen) atoms. The van der Waals surface area contributed by atoms with Gasteiger partial charge < -0.3 is 4.74 Å². The molecule has 0 aliphatic rings. The summed E-state index contributed by atoms with van der Waals surface area (Å²) in [6, 6.07) is 1.35. The monoisotopic (exact) mass is 310 g/mol. The Morgan fingerprint density at radius 3 is 3.14 bits per heavy atom.